The third kappa shape index (κ3) is 3.94. The minimum atomic E-state index is -1.41. The first-order chi connectivity index (χ1) is 13.4. The minimum Gasteiger partial charge on any atom is -0.492 e. The fourth-order valence-corrected chi connectivity index (χ4v) is 2.70. The molecule has 144 valence electrons. The number of ether oxygens (including phenoxy) is 2. The van der Waals surface area contributed by atoms with Gasteiger partial charge in [-0.15, -0.1) is 0 Å². The Bertz CT molecular complexity index is 1030. The maximum absolute atomic E-state index is 14.6. The lowest BCUT2D eigenvalue weighted by atomic mass is 10.1. The maximum Gasteiger partial charge on any atom is 0.357 e. The van der Waals surface area contributed by atoms with Crippen LogP contribution in [-0.4, -0.2) is 18.1 Å². The lowest BCUT2D eigenvalue weighted by Crippen LogP contribution is -2.10. The molecule has 0 amide bonds. The first kappa shape index (κ1) is 19.7. The van der Waals surface area contributed by atoms with E-state index in [1.165, 1.54) is 13.2 Å². The van der Waals surface area contributed by atoms with Crippen molar-refractivity contribution in [3.05, 3.63) is 82.3 Å². The summed E-state index contributed by atoms with van der Waals surface area (Å²) in [5, 5.41) is -0.0527. The SMILES string of the molecule is COc1c(Cl)ccc(-c2nc(C(=O)OCc3ccccc3)cc(F)c2F)c1F. The van der Waals surface area contributed by atoms with E-state index in [4.69, 9.17) is 21.1 Å². The molecule has 0 aliphatic carbocycles. The second-order valence-electron chi connectivity index (χ2n) is 5.66. The number of esters is 1. The number of methoxy groups -OCH3 is 1. The molecule has 0 N–H and O–H groups in total. The van der Waals surface area contributed by atoms with Crippen LogP contribution in [-0.2, 0) is 11.3 Å². The van der Waals surface area contributed by atoms with Gasteiger partial charge >= 0.3 is 5.97 Å². The summed E-state index contributed by atoms with van der Waals surface area (Å²) in [7, 11) is 1.18. The molecule has 0 aliphatic heterocycles. The number of carbonyl (C=O) groups is 1. The van der Waals surface area contributed by atoms with Gasteiger partial charge in [0.15, 0.2) is 28.9 Å². The van der Waals surface area contributed by atoms with E-state index in [1.807, 2.05) is 0 Å². The van der Waals surface area contributed by atoms with Crippen LogP contribution in [0.15, 0.2) is 48.5 Å². The van der Waals surface area contributed by atoms with Crippen LogP contribution in [0.25, 0.3) is 11.3 Å². The number of benzene rings is 2. The van der Waals surface area contributed by atoms with Crippen molar-refractivity contribution >= 4 is 17.6 Å². The lowest BCUT2D eigenvalue weighted by Gasteiger charge is -2.11. The summed E-state index contributed by atoms with van der Waals surface area (Å²) in [4.78, 5) is 16.0. The summed E-state index contributed by atoms with van der Waals surface area (Å²) >= 11 is 5.81. The van der Waals surface area contributed by atoms with E-state index in [0.29, 0.717) is 11.6 Å². The van der Waals surface area contributed by atoms with Crippen molar-refractivity contribution in [1.29, 1.82) is 0 Å². The number of aromatic nitrogens is 1. The molecule has 0 aliphatic rings. The van der Waals surface area contributed by atoms with E-state index in [-0.39, 0.29) is 17.4 Å². The molecule has 28 heavy (non-hydrogen) atoms. The Labute approximate surface area is 163 Å². The number of hydrogen-bond acceptors (Lipinski definition) is 4. The molecule has 3 aromatic rings. The zero-order valence-corrected chi connectivity index (χ0v) is 15.3. The van der Waals surface area contributed by atoms with Crippen molar-refractivity contribution in [3.63, 3.8) is 0 Å². The highest BCUT2D eigenvalue weighted by molar-refractivity contribution is 6.32. The third-order valence-electron chi connectivity index (χ3n) is 3.84. The van der Waals surface area contributed by atoms with E-state index >= 15 is 0 Å². The molecule has 0 bridgehead atoms. The van der Waals surface area contributed by atoms with E-state index in [9.17, 15) is 18.0 Å². The Kier molecular flexibility index (Phi) is 5.84. The van der Waals surface area contributed by atoms with Gasteiger partial charge in [-0.25, -0.2) is 22.9 Å². The van der Waals surface area contributed by atoms with Crippen LogP contribution in [0.4, 0.5) is 13.2 Å². The fourth-order valence-electron chi connectivity index (χ4n) is 2.48. The van der Waals surface area contributed by atoms with Crippen molar-refractivity contribution < 1.29 is 27.4 Å². The molecule has 4 nitrogen and oxygen atoms in total. The molecule has 1 aromatic heterocycles. The second-order valence-corrected chi connectivity index (χ2v) is 6.06. The van der Waals surface area contributed by atoms with E-state index in [2.05, 4.69) is 4.98 Å². The number of pyridine rings is 1. The largest absolute Gasteiger partial charge is 0.492 e. The Morgan fingerprint density at radius 1 is 1.07 bits per heavy atom. The van der Waals surface area contributed by atoms with Crippen molar-refractivity contribution in [2.24, 2.45) is 0 Å². The van der Waals surface area contributed by atoms with Crippen molar-refractivity contribution in [1.82, 2.24) is 4.98 Å². The van der Waals surface area contributed by atoms with Crippen molar-refractivity contribution in [2.75, 3.05) is 7.11 Å². The molecule has 0 fully saturated rings. The fraction of sp³-hybridized carbons (Fsp3) is 0.100. The van der Waals surface area contributed by atoms with Gasteiger partial charge in [0.2, 0.25) is 0 Å². The van der Waals surface area contributed by atoms with Crippen LogP contribution in [0.1, 0.15) is 16.1 Å². The highest BCUT2D eigenvalue weighted by atomic mass is 35.5. The quantitative estimate of drug-likeness (QED) is 0.546. The summed E-state index contributed by atoms with van der Waals surface area (Å²) in [6.07, 6.45) is 0. The summed E-state index contributed by atoms with van der Waals surface area (Å²) in [5.41, 5.74) is -0.903. The molecule has 0 saturated carbocycles. The van der Waals surface area contributed by atoms with Gasteiger partial charge in [-0.3, -0.25) is 0 Å². The molecule has 0 unspecified atom stereocenters. The second kappa shape index (κ2) is 8.31. The summed E-state index contributed by atoms with van der Waals surface area (Å²) in [6, 6.07) is 11.7. The highest BCUT2D eigenvalue weighted by Gasteiger charge is 2.23. The zero-order chi connectivity index (χ0) is 20.3. The summed E-state index contributed by atoms with van der Waals surface area (Å²) < 4.78 is 52.8. The smallest absolute Gasteiger partial charge is 0.357 e. The average molecular weight is 408 g/mol. The highest BCUT2D eigenvalue weighted by Crippen LogP contribution is 2.35. The third-order valence-corrected chi connectivity index (χ3v) is 4.14. The van der Waals surface area contributed by atoms with Gasteiger partial charge in [0, 0.05) is 11.6 Å². The molecule has 0 atom stereocenters. The maximum atomic E-state index is 14.6. The first-order valence-corrected chi connectivity index (χ1v) is 8.39. The number of hydrogen-bond donors (Lipinski definition) is 0. The Morgan fingerprint density at radius 3 is 2.46 bits per heavy atom. The summed E-state index contributed by atoms with van der Waals surface area (Å²) in [5.74, 6) is -5.15. The average Bonchev–Trinajstić information content (AvgIpc) is 2.70. The van der Waals surface area contributed by atoms with Crippen LogP contribution in [0, 0.1) is 17.5 Å². The van der Waals surface area contributed by atoms with E-state index in [1.54, 1.807) is 30.3 Å². The van der Waals surface area contributed by atoms with Crippen LogP contribution in [0.3, 0.4) is 0 Å². The van der Waals surface area contributed by atoms with Gasteiger partial charge in [-0.2, -0.15) is 0 Å². The van der Waals surface area contributed by atoms with Gasteiger partial charge in [-0.05, 0) is 17.7 Å². The van der Waals surface area contributed by atoms with Crippen LogP contribution in [0.5, 0.6) is 5.75 Å². The van der Waals surface area contributed by atoms with E-state index < -0.39 is 40.4 Å². The zero-order valence-electron chi connectivity index (χ0n) is 14.5. The first-order valence-electron chi connectivity index (χ1n) is 8.01. The van der Waals surface area contributed by atoms with Gasteiger partial charge in [0.05, 0.1) is 12.1 Å². The van der Waals surface area contributed by atoms with Crippen LogP contribution < -0.4 is 4.74 Å². The van der Waals surface area contributed by atoms with Gasteiger partial charge in [0.25, 0.3) is 0 Å². The molecular formula is C20H13ClF3NO3. The van der Waals surface area contributed by atoms with Gasteiger partial charge in [-0.1, -0.05) is 41.9 Å². The van der Waals surface area contributed by atoms with Crippen molar-refractivity contribution in [3.8, 4) is 17.0 Å². The van der Waals surface area contributed by atoms with Crippen LogP contribution in [0.2, 0.25) is 5.02 Å². The number of carbonyl (C=O) groups excluding carboxylic acids is 1. The van der Waals surface area contributed by atoms with E-state index in [0.717, 1.165) is 6.07 Å². The molecule has 8 heteroatoms. The Balaban J connectivity index is 1.96. The number of rotatable bonds is 5. The van der Waals surface area contributed by atoms with Crippen molar-refractivity contribution in [2.45, 2.75) is 6.61 Å². The Hall–Kier alpha value is -3.06. The van der Waals surface area contributed by atoms with Gasteiger partial charge in [0.1, 0.15) is 12.3 Å². The number of halogens is 4. The molecule has 1 heterocycles. The summed E-state index contributed by atoms with van der Waals surface area (Å²) in [6.45, 7) is -0.0845. The molecule has 0 spiro atoms. The minimum absolute atomic E-state index is 0.0527. The number of nitrogens with zero attached hydrogens (tertiary/aromatic N) is 1. The topological polar surface area (TPSA) is 48.4 Å². The Morgan fingerprint density at radius 2 is 1.79 bits per heavy atom. The predicted octanol–water partition coefficient (Wildman–Crippen LogP) is 5.18. The molecule has 0 radical (unpaired) electrons. The standard InChI is InChI=1S/C20H13ClF3NO3/c1-27-19-13(21)8-7-12(16(19)23)18-17(24)14(22)9-15(25-18)20(26)28-10-11-5-3-2-4-6-11/h2-9H,10H2,1H3. The predicted molar refractivity (Wildman–Crippen MR) is 96.7 cm³/mol. The molecule has 0 saturated heterocycles. The molecule has 2 aromatic carbocycles. The molecule has 3 rings (SSSR count). The lowest BCUT2D eigenvalue weighted by molar-refractivity contribution is 0.0465. The molecular weight excluding hydrogens is 395 g/mol. The normalized spacial score (nSPS) is 10.6. The van der Waals surface area contributed by atoms with Gasteiger partial charge < -0.3 is 9.47 Å². The monoisotopic (exact) mass is 407 g/mol. The van der Waals surface area contributed by atoms with Crippen LogP contribution >= 0.6 is 11.6 Å².